The lowest BCUT2D eigenvalue weighted by molar-refractivity contribution is -0.146. The summed E-state index contributed by atoms with van der Waals surface area (Å²) in [5.74, 6) is -1.53. The van der Waals surface area contributed by atoms with Gasteiger partial charge in [0.2, 0.25) is 5.91 Å². The summed E-state index contributed by atoms with van der Waals surface area (Å²) >= 11 is 0. The quantitative estimate of drug-likeness (QED) is 0.434. The van der Waals surface area contributed by atoms with Gasteiger partial charge in [-0.15, -0.1) is 0 Å². The second-order valence-electron chi connectivity index (χ2n) is 3.37. The minimum Gasteiger partial charge on any atom is -0.479 e. The van der Waals surface area contributed by atoms with E-state index in [1.807, 2.05) is 6.92 Å². The van der Waals surface area contributed by atoms with Gasteiger partial charge < -0.3 is 21.3 Å². The van der Waals surface area contributed by atoms with Gasteiger partial charge in [-0.25, -0.2) is 4.79 Å². The molecule has 0 aliphatic carbocycles. The summed E-state index contributed by atoms with van der Waals surface area (Å²) in [6.45, 7) is 2.08. The molecule has 6 heteroatoms. The van der Waals surface area contributed by atoms with Crippen LogP contribution in [0, 0.1) is 5.92 Å². The molecule has 0 radical (unpaired) electrons. The molecule has 0 aliphatic rings. The molecule has 15 heavy (non-hydrogen) atoms. The van der Waals surface area contributed by atoms with Crippen molar-refractivity contribution in [2.45, 2.75) is 25.9 Å². The molecule has 0 saturated heterocycles. The van der Waals surface area contributed by atoms with E-state index in [4.69, 9.17) is 15.9 Å². The third-order valence-corrected chi connectivity index (χ3v) is 2.16. The average Bonchev–Trinajstić information content (AvgIpc) is 2.22. The average molecular weight is 218 g/mol. The van der Waals surface area contributed by atoms with Gasteiger partial charge in [-0.3, -0.25) is 4.79 Å². The zero-order valence-corrected chi connectivity index (χ0v) is 8.77. The van der Waals surface area contributed by atoms with Gasteiger partial charge in [0.05, 0.1) is 6.54 Å². The number of rotatable bonds is 7. The van der Waals surface area contributed by atoms with Gasteiger partial charge in [-0.2, -0.15) is 0 Å². The minimum absolute atomic E-state index is 0.104. The summed E-state index contributed by atoms with van der Waals surface area (Å²) in [6.07, 6.45) is -0.489. The Kier molecular flexibility index (Phi) is 6.64. The van der Waals surface area contributed by atoms with Crippen molar-refractivity contribution in [3.8, 4) is 0 Å². The van der Waals surface area contributed by atoms with Crippen molar-refractivity contribution < 1.29 is 19.8 Å². The van der Waals surface area contributed by atoms with Gasteiger partial charge in [0, 0.05) is 6.42 Å². The summed E-state index contributed by atoms with van der Waals surface area (Å²) < 4.78 is 0. The molecule has 0 bridgehead atoms. The van der Waals surface area contributed by atoms with Gasteiger partial charge >= 0.3 is 5.97 Å². The largest absolute Gasteiger partial charge is 0.479 e. The molecule has 2 atom stereocenters. The fourth-order valence-corrected chi connectivity index (χ4v) is 1.03. The normalized spacial score (nSPS) is 14.3. The first-order valence-electron chi connectivity index (χ1n) is 4.88. The molecule has 0 fully saturated rings. The van der Waals surface area contributed by atoms with Crippen LogP contribution >= 0.6 is 0 Å². The molecule has 0 saturated carbocycles. The summed E-state index contributed by atoms with van der Waals surface area (Å²) in [4.78, 5) is 21.5. The molecule has 0 aromatic carbocycles. The molecule has 0 aromatic rings. The third-order valence-electron chi connectivity index (χ3n) is 2.16. The van der Waals surface area contributed by atoms with Gasteiger partial charge in [0.1, 0.15) is 0 Å². The molecule has 0 rings (SSSR count). The number of aliphatic hydroxyl groups is 1. The predicted octanol–water partition coefficient (Wildman–Crippen LogP) is -1.08. The SMILES string of the molecule is CCC(CN)CC(=O)NC[C@H](O)C(=O)O. The highest BCUT2D eigenvalue weighted by Crippen LogP contribution is 2.05. The van der Waals surface area contributed by atoms with E-state index in [2.05, 4.69) is 5.32 Å². The molecular formula is C9H18N2O4. The van der Waals surface area contributed by atoms with E-state index in [0.717, 1.165) is 6.42 Å². The summed E-state index contributed by atoms with van der Waals surface area (Å²) in [5.41, 5.74) is 5.41. The summed E-state index contributed by atoms with van der Waals surface area (Å²) in [5, 5.41) is 19.6. The zero-order chi connectivity index (χ0) is 11.8. The third kappa shape index (κ3) is 6.03. The van der Waals surface area contributed by atoms with Crippen LogP contribution in [0.2, 0.25) is 0 Å². The second-order valence-corrected chi connectivity index (χ2v) is 3.37. The Bertz CT molecular complexity index is 216. The lowest BCUT2D eigenvalue weighted by Gasteiger charge is -2.12. The number of hydrogen-bond donors (Lipinski definition) is 4. The number of carbonyl (C=O) groups excluding carboxylic acids is 1. The number of hydrogen-bond acceptors (Lipinski definition) is 4. The summed E-state index contributed by atoms with van der Waals surface area (Å²) in [6, 6.07) is 0. The molecule has 1 amide bonds. The van der Waals surface area contributed by atoms with E-state index in [-0.39, 0.29) is 24.8 Å². The second kappa shape index (κ2) is 7.19. The number of nitrogens with two attached hydrogens (primary N) is 1. The smallest absolute Gasteiger partial charge is 0.334 e. The number of amides is 1. The van der Waals surface area contributed by atoms with Crippen LogP contribution in [0.4, 0.5) is 0 Å². The first-order valence-corrected chi connectivity index (χ1v) is 4.88. The maximum Gasteiger partial charge on any atom is 0.334 e. The van der Waals surface area contributed by atoms with Crippen LogP contribution < -0.4 is 11.1 Å². The molecular weight excluding hydrogens is 200 g/mol. The molecule has 0 heterocycles. The van der Waals surface area contributed by atoms with Crippen LogP contribution in [0.3, 0.4) is 0 Å². The first-order chi connectivity index (χ1) is 7.01. The molecule has 0 aliphatic heterocycles. The number of carbonyl (C=O) groups is 2. The lowest BCUT2D eigenvalue weighted by atomic mass is 10.0. The molecule has 6 nitrogen and oxygen atoms in total. The van der Waals surface area contributed by atoms with E-state index in [0.29, 0.717) is 6.54 Å². The fourth-order valence-electron chi connectivity index (χ4n) is 1.03. The van der Waals surface area contributed by atoms with Crippen LogP contribution in [0.15, 0.2) is 0 Å². The van der Waals surface area contributed by atoms with Crippen LogP contribution in [-0.4, -0.2) is 41.3 Å². The fraction of sp³-hybridized carbons (Fsp3) is 0.778. The molecule has 0 spiro atoms. The minimum atomic E-state index is -1.55. The van der Waals surface area contributed by atoms with Crippen molar-refractivity contribution in [1.82, 2.24) is 5.32 Å². The van der Waals surface area contributed by atoms with E-state index < -0.39 is 12.1 Å². The Hall–Kier alpha value is -1.14. The molecule has 5 N–H and O–H groups in total. The van der Waals surface area contributed by atoms with Gasteiger partial charge in [0.25, 0.3) is 0 Å². The molecule has 0 aromatic heterocycles. The van der Waals surface area contributed by atoms with E-state index >= 15 is 0 Å². The van der Waals surface area contributed by atoms with Gasteiger partial charge in [0.15, 0.2) is 6.10 Å². The van der Waals surface area contributed by atoms with E-state index in [9.17, 15) is 9.59 Å². The Balaban J connectivity index is 3.79. The van der Waals surface area contributed by atoms with Crippen LogP contribution in [0.1, 0.15) is 19.8 Å². The monoisotopic (exact) mass is 218 g/mol. The number of nitrogens with one attached hydrogen (secondary N) is 1. The van der Waals surface area contributed by atoms with Crippen molar-refractivity contribution in [2.75, 3.05) is 13.1 Å². The van der Waals surface area contributed by atoms with Crippen molar-refractivity contribution in [2.24, 2.45) is 11.7 Å². The number of aliphatic carboxylic acids is 1. The van der Waals surface area contributed by atoms with Crippen LogP contribution in [0.25, 0.3) is 0 Å². The number of carboxylic acid groups (broad SMARTS) is 1. The van der Waals surface area contributed by atoms with Crippen LogP contribution in [-0.2, 0) is 9.59 Å². The topological polar surface area (TPSA) is 113 Å². The molecule has 1 unspecified atom stereocenters. The Morgan fingerprint density at radius 3 is 2.47 bits per heavy atom. The maximum atomic E-state index is 11.2. The van der Waals surface area contributed by atoms with Crippen molar-refractivity contribution >= 4 is 11.9 Å². The first kappa shape index (κ1) is 13.9. The van der Waals surface area contributed by atoms with Gasteiger partial charge in [-0.1, -0.05) is 13.3 Å². The van der Waals surface area contributed by atoms with E-state index in [1.165, 1.54) is 0 Å². The predicted molar refractivity (Wildman–Crippen MR) is 54.1 cm³/mol. The number of carboxylic acids is 1. The highest BCUT2D eigenvalue weighted by atomic mass is 16.4. The van der Waals surface area contributed by atoms with E-state index in [1.54, 1.807) is 0 Å². The van der Waals surface area contributed by atoms with Crippen molar-refractivity contribution in [3.05, 3.63) is 0 Å². The van der Waals surface area contributed by atoms with Crippen LogP contribution in [0.5, 0.6) is 0 Å². The standard InChI is InChI=1S/C9H18N2O4/c1-2-6(4-10)3-8(13)11-5-7(12)9(14)15/h6-7,12H,2-5,10H2,1H3,(H,11,13)(H,14,15)/t6?,7-/m0/s1. The van der Waals surface area contributed by atoms with Gasteiger partial charge in [-0.05, 0) is 12.5 Å². The maximum absolute atomic E-state index is 11.2. The Morgan fingerprint density at radius 1 is 1.47 bits per heavy atom. The highest BCUT2D eigenvalue weighted by Gasteiger charge is 2.15. The highest BCUT2D eigenvalue weighted by molar-refractivity contribution is 5.78. The van der Waals surface area contributed by atoms with Crippen molar-refractivity contribution in [3.63, 3.8) is 0 Å². The Labute approximate surface area is 88.5 Å². The zero-order valence-electron chi connectivity index (χ0n) is 8.77. The number of aliphatic hydroxyl groups excluding tert-OH is 1. The summed E-state index contributed by atoms with van der Waals surface area (Å²) in [7, 11) is 0. The molecule has 88 valence electrons. The van der Waals surface area contributed by atoms with Crippen molar-refractivity contribution in [1.29, 1.82) is 0 Å². The Morgan fingerprint density at radius 2 is 2.07 bits per heavy atom. The lowest BCUT2D eigenvalue weighted by Crippen LogP contribution is -2.37.